The van der Waals surface area contributed by atoms with Crippen LogP contribution in [-0.2, 0) is 4.79 Å². The first-order valence-corrected chi connectivity index (χ1v) is 9.10. The van der Waals surface area contributed by atoms with E-state index in [1.807, 2.05) is 11.8 Å². The SMILES string of the molecule is CCC(=O)N1CCC(N2CCC(Oc3ccccc3F)CC2)CC1. The van der Waals surface area contributed by atoms with Crippen LogP contribution in [0.1, 0.15) is 39.0 Å². The van der Waals surface area contributed by atoms with Gasteiger partial charge in [0, 0.05) is 38.6 Å². The number of hydrogen-bond donors (Lipinski definition) is 0. The summed E-state index contributed by atoms with van der Waals surface area (Å²) in [4.78, 5) is 16.3. The number of amides is 1. The molecule has 1 aromatic rings. The topological polar surface area (TPSA) is 32.8 Å². The number of halogens is 1. The highest BCUT2D eigenvalue weighted by molar-refractivity contribution is 5.75. The summed E-state index contributed by atoms with van der Waals surface area (Å²) >= 11 is 0. The number of benzene rings is 1. The smallest absolute Gasteiger partial charge is 0.222 e. The lowest BCUT2D eigenvalue weighted by Crippen LogP contribution is -2.50. The molecule has 0 spiro atoms. The van der Waals surface area contributed by atoms with Crippen LogP contribution in [0.4, 0.5) is 4.39 Å². The summed E-state index contributed by atoms with van der Waals surface area (Å²) in [7, 11) is 0. The van der Waals surface area contributed by atoms with Gasteiger partial charge in [-0.3, -0.25) is 9.69 Å². The molecule has 2 saturated heterocycles. The fourth-order valence-corrected chi connectivity index (χ4v) is 3.78. The van der Waals surface area contributed by atoms with Crippen molar-refractivity contribution in [2.45, 2.75) is 51.2 Å². The fraction of sp³-hybridized carbons (Fsp3) is 0.632. The minimum absolute atomic E-state index is 0.0971. The van der Waals surface area contributed by atoms with Crippen LogP contribution in [0.3, 0.4) is 0 Å². The lowest BCUT2D eigenvalue weighted by molar-refractivity contribution is -0.132. The second-order valence-corrected chi connectivity index (χ2v) is 6.75. The van der Waals surface area contributed by atoms with Crippen molar-refractivity contribution in [2.24, 2.45) is 0 Å². The molecule has 1 amide bonds. The van der Waals surface area contributed by atoms with Crippen LogP contribution in [0.5, 0.6) is 5.75 Å². The van der Waals surface area contributed by atoms with E-state index in [4.69, 9.17) is 4.74 Å². The third-order valence-corrected chi connectivity index (χ3v) is 5.24. The Kier molecular flexibility index (Phi) is 5.72. The van der Waals surface area contributed by atoms with Crippen molar-refractivity contribution in [2.75, 3.05) is 26.2 Å². The lowest BCUT2D eigenvalue weighted by Gasteiger charge is -2.41. The first-order valence-electron chi connectivity index (χ1n) is 9.10. The van der Waals surface area contributed by atoms with Crippen molar-refractivity contribution in [3.63, 3.8) is 0 Å². The zero-order valence-electron chi connectivity index (χ0n) is 14.4. The second-order valence-electron chi connectivity index (χ2n) is 6.75. The highest BCUT2D eigenvalue weighted by Gasteiger charge is 2.30. The third kappa shape index (κ3) is 4.07. The summed E-state index contributed by atoms with van der Waals surface area (Å²) in [6.07, 6.45) is 4.68. The average molecular weight is 334 g/mol. The van der Waals surface area contributed by atoms with Crippen molar-refractivity contribution in [1.82, 2.24) is 9.80 Å². The molecule has 0 N–H and O–H groups in total. The van der Waals surface area contributed by atoms with Crippen LogP contribution >= 0.6 is 0 Å². The van der Waals surface area contributed by atoms with Gasteiger partial charge < -0.3 is 9.64 Å². The number of carbonyl (C=O) groups excluding carboxylic acids is 1. The summed E-state index contributed by atoms with van der Waals surface area (Å²) < 4.78 is 19.5. The number of hydrogen-bond acceptors (Lipinski definition) is 3. The quantitative estimate of drug-likeness (QED) is 0.848. The molecule has 0 atom stereocenters. The van der Waals surface area contributed by atoms with Crippen molar-refractivity contribution >= 4 is 5.91 Å². The van der Waals surface area contributed by atoms with E-state index in [1.165, 1.54) is 6.07 Å². The van der Waals surface area contributed by atoms with E-state index >= 15 is 0 Å². The minimum atomic E-state index is -0.284. The van der Waals surface area contributed by atoms with Gasteiger partial charge in [0.1, 0.15) is 6.10 Å². The van der Waals surface area contributed by atoms with E-state index in [9.17, 15) is 9.18 Å². The molecule has 24 heavy (non-hydrogen) atoms. The molecular formula is C19H27FN2O2. The largest absolute Gasteiger partial charge is 0.487 e. The standard InChI is InChI=1S/C19H27FN2O2/c1-2-19(23)22-11-7-15(8-12-22)21-13-9-16(10-14-21)24-18-6-4-3-5-17(18)20/h3-6,15-16H,2,7-14H2,1H3. The number of likely N-dealkylation sites (tertiary alicyclic amines) is 2. The van der Waals surface area contributed by atoms with Crippen LogP contribution in [-0.4, -0.2) is 54.0 Å². The van der Waals surface area contributed by atoms with E-state index < -0.39 is 0 Å². The molecule has 5 heteroatoms. The van der Waals surface area contributed by atoms with Gasteiger partial charge in [-0.1, -0.05) is 19.1 Å². The summed E-state index contributed by atoms with van der Waals surface area (Å²) in [5, 5.41) is 0. The summed E-state index contributed by atoms with van der Waals surface area (Å²) in [5.74, 6) is 0.348. The van der Waals surface area contributed by atoms with Crippen molar-refractivity contribution in [3.05, 3.63) is 30.1 Å². The van der Waals surface area contributed by atoms with Gasteiger partial charge in [0.2, 0.25) is 5.91 Å². The molecule has 0 radical (unpaired) electrons. The molecule has 4 nitrogen and oxygen atoms in total. The Labute approximate surface area is 143 Å². The maximum Gasteiger partial charge on any atom is 0.222 e. The zero-order valence-corrected chi connectivity index (χ0v) is 14.4. The summed E-state index contributed by atoms with van der Waals surface area (Å²) in [6.45, 7) is 5.66. The molecule has 2 aliphatic heterocycles. The van der Waals surface area contributed by atoms with E-state index in [-0.39, 0.29) is 17.8 Å². The van der Waals surface area contributed by atoms with Gasteiger partial charge in [-0.05, 0) is 37.8 Å². The van der Waals surface area contributed by atoms with Gasteiger partial charge in [-0.2, -0.15) is 0 Å². The third-order valence-electron chi connectivity index (χ3n) is 5.24. The Hall–Kier alpha value is -1.62. The van der Waals surface area contributed by atoms with Crippen LogP contribution in [0.25, 0.3) is 0 Å². The van der Waals surface area contributed by atoms with Crippen molar-refractivity contribution in [1.29, 1.82) is 0 Å². The second kappa shape index (κ2) is 7.97. The number of para-hydroxylation sites is 1. The average Bonchev–Trinajstić information content (AvgIpc) is 2.64. The molecule has 0 bridgehead atoms. The number of nitrogens with zero attached hydrogens (tertiary/aromatic N) is 2. The number of ether oxygens (including phenoxy) is 1. The van der Waals surface area contributed by atoms with Gasteiger partial charge in [-0.15, -0.1) is 0 Å². The molecule has 2 fully saturated rings. The summed E-state index contributed by atoms with van der Waals surface area (Å²) in [5.41, 5.74) is 0. The highest BCUT2D eigenvalue weighted by Crippen LogP contribution is 2.25. The monoisotopic (exact) mass is 334 g/mol. The van der Waals surface area contributed by atoms with E-state index in [0.717, 1.165) is 51.9 Å². The van der Waals surface area contributed by atoms with Gasteiger partial charge in [-0.25, -0.2) is 4.39 Å². The van der Waals surface area contributed by atoms with Gasteiger partial charge in [0.25, 0.3) is 0 Å². The molecule has 2 heterocycles. The molecular weight excluding hydrogens is 307 g/mol. The lowest BCUT2D eigenvalue weighted by atomic mass is 9.98. The van der Waals surface area contributed by atoms with E-state index in [1.54, 1.807) is 18.2 Å². The predicted molar refractivity (Wildman–Crippen MR) is 91.5 cm³/mol. The molecule has 0 aliphatic carbocycles. The Morgan fingerprint density at radius 2 is 1.79 bits per heavy atom. The predicted octanol–water partition coefficient (Wildman–Crippen LogP) is 3.07. The number of piperidine rings is 2. The molecule has 0 saturated carbocycles. The Balaban J connectivity index is 1.44. The molecule has 0 aromatic heterocycles. The Morgan fingerprint density at radius 3 is 2.42 bits per heavy atom. The molecule has 1 aromatic carbocycles. The number of rotatable bonds is 4. The molecule has 3 rings (SSSR count). The van der Waals surface area contributed by atoms with Gasteiger partial charge >= 0.3 is 0 Å². The molecule has 132 valence electrons. The Bertz CT molecular complexity index is 550. The van der Waals surface area contributed by atoms with Crippen LogP contribution in [0, 0.1) is 5.82 Å². The van der Waals surface area contributed by atoms with E-state index in [0.29, 0.717) is 18.2 Å². The highest BCUT2D eigenvalue weighted by atomic mass is 19.1. The van der Waals surface area contributed by atoms with Crippen LogP contribution < -0.4 is 4.74 Å². The summed E-state index contributed by atoms with van der Waals surface area (Å²) in [6, 6.07) is 7.19. The maximum atomic E-state index is 13.7. The van der Waals surface area contributed by atoms with E-state index in [2.05, 4.69) is 4.90 Å². The van der Waals surface area contributed by atoms with Gasteiger partial charge in [0.15, 0.2) is 11.6 Å². The van der Waals surface area contributed by atoms with Crippen molar-refractivity contribution in [3.8, 4) is 5.75 Å². The van der Waals surface area contributed by atoms with Crippen LogP contribution in [0.2, 0.25) is 0 Å². The Morgan fingerprint density at radius 1 is 1.12 bits per heavy atom. The van der Waals surface area contributed by atoms with Crippen molar-refractivity contribution < 1.29 is 13.9 Å². The first kappa shape index (κ1) is 17.2. The zero-order chi connectivity index (χ0) is 16.9. The van der Waals surface area contributed by atoms with Crippen LogP contribution in [0.15, 0.2) is 24.3 Å². The maximum absolute atomic E-state index is 13.7. The first-order chi connectivity index (χ1) is 11.7. The normalized spacial score (nSPS) is 21.0. The number of carbonyl (C=O) groups is 1. The van der Waals surface area contributed by atoms with Gasteiger partial charge in [0.05, 0.1) is 0 Å². The minimum Gasteiger partial charge on any atom is -0.487 e. The molecule has 2 aliphatic rings. The molecule has 0 unspecified atom stereocenters. The fourth-order valence-electron chi connectivity index (χ4n) is 3.78.